The zero-order valence-corrected chi connectivity index (χ0v) is 6.51. The van der Waals surface area contributed by atoms with E-state index in [2.05, 4.69) is 29.6 Å². The van der Waals surface area contributed by atoms with Crippen molar-refractivity contribution in [3.8, 4) is 0 Å². The Kier molecular flexibility index (Phi) is 1.91. The maximum absolute atomic E-state index is 3.36. The van der Waals surface area contributed by atoms with E-state index in [9.17, 15) is 0 Å². The van der Waals surface area contributed by atoms with Gasteiger partial charge in [-0.3, -0.25) is 0 Å². The zero-order valence-electron chi connectivity index (χ0n) is 6.51. The fourth-order valence-corrected chi connectivity index (χ4v) is 1.60. The lowest BCUT2D eigenvalue weighted by atomic mass is 9.99. The minimum Gasteiger partial charge on any atom is -0.316 e. The molecule has 1 heterocycles. The molecule has 0 aliphatic carbocycles. The fourth-order valence-electron chi connectivity index (χ4n) is 1.60. The first-order chi connectivity index (χ1) is 5.47. The standard InChI is InChI=1S/C10H12N/c1-2-4-9(5-3-1)10-6-7-11-8-10/h1-2,4-5,10-11H,6-8H2/t10-/m0/s1. The van der Waals surface area contributed by atoms with Crippen LogP contribution < -0.4 is 5.32 Å². The minimum atomic E-state index is 0.729. The Labute approximate surface area is 67.4 Å². The first-order valence-electron chi connectivity index (χ1n) is 4.13. The van der Waals surface area contributed by atoms with E-state index in [1.54, 1.807) is 0 Å². The summed E-state index contributed by atoms with van der Waals surface area (Å²) in [6.07, 6.45) is 1.28. The molecule has 1 aromatic carbocycles. The summed E-state index contributed by atoms with van der Waals surface area (Å²) >= 11 is 0. The lowest BCUT2D eigenvalue weighted by molar-refractivity contribution is 0.763. The Morgan fingerprint density at radius 1 is 1.55 bits per heavy atom. The molecule has 1 N–H and O–H groups in total. The predicted molar refractivity (Wildman–Crippen MR) is 45.5 cm³/mol. The van der Waals surface area contributed by atoms with Gasteiger partial charge in [0.05, 0.1) is 0 Å². The number of benzene rings is 1. The fraction of sp³-hybridized carbons (Fsp3) is 0.400. The molecule has 0 bridgehead atoms. The van der Waals surface area contributed by atoms with Crippen molar-refractivity contribution in [3.05, 3.63) is 35.9 Å². The zero-order chi connectivity index (χ0) is 7.52. The summed E-state index contributed by atoms with van der Waals surface area (Å²) in [4.78, 5) is 0. The van der Waals surface area contributed by atoms with Crippen molar-refractivity contribution >= 4 is 0 Å². The van der Waals surface area contributed by atoms with Crippen LogP contribution in [0.2, 0.25) is 0 Å². The molecule has 1 fully saturated rings. The van der Waals surface area contributed by atoms with Crippen LogP contribution in [-0.4, -0.2) is 13.1 Å². The highest BCUT2D eigenvalue weighted by molar-refractivity contribution is 5.19. The van der Waals surface area contributed by atoms with E-state index < -0.39 is 0 Å². The number of hydrogen-bond donors (Lipinski definition) is 1. The highest BCUT2D eigenvalue weighted by Crippen LogP contribution is 2.20. The van der Waals surface area contributed by atoms with Crippen LogP contribution in [0.5, 0.6) is 0 Å². The summed E-state index contributed by atoms with van der Waals surface area (Å²) in [6, 6.07) is 11.4. The molecule has 0 unspecified atom stereocenters. The maximum Gasteiger partial charge on any atom is 0.00206 e. The predicted octanol–water partition coefficient (Wildman–Crippen LogP) is 1.56. The van der Waals surface area contributed by atoms with Gasteiger partial charge in [0.15, 0.2) is 0 Å². The molecule has 1 aliphatic rings. The highest BCUT2D eigenvalue weighted by Gasteiger charge is 2.15. The molecule has 0 spiro atoms. The van der Waals surface area contributed by atoms with Crippen molar-refractivity contribution in [2.45, 2.75) is 12.3 Å². The molecule has 0 aromatic heterocycles. The van der Waals surface area contributed by atoms with Gasteiger partial charge in [-0.2, -0.15) is 0 Å². The molecule has 11 heavy (non-hydrogen) atoms. The lowest BCUT2D eigenvalue weighted by Crippen LogP contribution is -2.07. The molecular formula is C10H12N. The van der Waals surface area contributed by atoms with Crippen LogP contribution >= 0.6 is 0 Å². The van der Waals surface area contributed by atoms with Crippen molar-refractivity contribution in [1.82, 2.24) is 5.32 Å². The summed E-state index contributed by atoms with van der Waals surface area (Å²) in [5.74, 6) is 0.729. The largest absolute Gasteiger partial charge is 0.316 e. The van der Waals surface area contributed by atoms with Crippen LogP contribution in [0.15, 0.2) is 24.3 Å². The number of hydrogen-bond acceptors (Lipinski definition) is 1. The molecule has 1 heteroatoms. The van der Waals surface area contributed by atoms with Crippen molar-refractivity contribution in [2.24, 2.45) is 0 Å². The lowest BCUT2D eigenvalue weighted by Gasteiger charge is -2.06. The average Bonchev–Trinajstić information content (AvgIpc) is 2.58. The van der Waals surface area contributed by atoms with Gasteiger partial charge in [0.25, 0.3) is 0 Å². The third kappa shape index (κ3) is 1.43. The topological polar surface area (TPSA) is 12.0 Å². The molecule has 0 saturated carbocycles. The summed E-state index contributed by atoms with van der Waals surface area (Å²) in [5.41, 5.74) is 1.43. The van der Waals surface area contributed by atoms with Crippen molar-refractivity contribution in [3.63, 3.8) is 0 Å². The van der Waals surface area contributed by atoms with Gasteiger partial charge in [0.1, 0.15) is 0 Å². The molecule has 1 radical (unpaired) electrons. The van der Waals surface area contributed by atoms with Crippen LogP contribution in [-0.2, 0) is 0 Å². The highest BCUT2D eigenvalue weighted by atomic mass is 14.9. The Hall–Kier alpha value is -0.820. The number of nitrogens with one attached hydrogen (secondary N) is 1. The second-order valence-corrected chi connectivity index (χ2v) is 3.03. The van der Waals surface area contributed by atoms with Crippen molar-refractivity contribution < 1.29 is 0 Å². The van der Waals surface area contributed by atoms with E-state index in [1.807, 2.05) is 6.07 Å². The Bertz CT molecular complexity index is 212. The summed E-state index contributed by atoms with van der Waals surface area (Å²) in [5, 5.41) is 3.36. The molecule has 1 aromatic rings. The minimum absolute atomic E-state index is 0.729. The van der Waals surface area contributed by atoms with Gasteiger partial charge in [-0.05, 0) is 30.5 Å². The van der Waals surface area contributed by atoms with Gasteiger partial charge in [-0.15, -0.1) is 0 Å². The second kappa shape index (κ2) is 3.05. The van der Waals surface area contributed by atoms with Crippen LogP contribution in [0.3, 0.4) is 0 Å². The molecule has 2 rings (SSSR count). The third-order valence-corrected chi connectivity index (χ3v) is 2.26. The Balaban J connectivity index is 2.16. The summed E-state index contributed by atoms with van der Waals surface area (Å²) in [7, 11) is 0. The monoisotopic (exact) mass is 146 g/mol. The third-order valence-electron chi connectivity index (χ3n) is 2.26. The maximum atomic E-state index is 3.36. The van der Waals surface area contributed by atoms with Gasteiger partial charge in [-0.1, -0.05) is 24.3 Å². The Morgan fingerprint density at radius 3 is 3.18 bits per heavy atom. The van der Waals surface area contributed by atoms with E-state index in [0.29, 0.717) is 0 Å². The second-order valence-electron chi connectivity index (χ2n) is 3.03. The van der Waals surface area contributed by atoms with Crippen LogP contribution in [0, 0.1) is 6.07 Å². The smallest absolute Gasteiger partial charge is 0.00206 e. The summed E-state index contributed by atoms with van der Waals surface area (Å²) in [6.45, 7) is 2.30. The molecular weight excluding hydrogens is 134 g/mol. The van der Waals surface area contributed by atoms with E-state index in [0.717, 1.165) is 12.5 Å². The number of rotatable bonds is 1. The quantitative estimate of drug-likeness (QED) is 0.634. The van der Waals surface area contributed by atoms with Crippen LogP contribution in [0.25, 0.3) is 0 Å². The van der Waals surface area contributed by atoms with Gasteiger partial charge in [-0.25, -0.2) is 0 Å². The molecule has 1 aliphatic heterocycles. The molecule has 1 atom stereocenters. The van der Waals surface area contributed by atoms with Crippen LogP contribution in [0.4, 0.5) is 0 Å². The van der Waals surface area contributed by atoms with E-state index in [-0.39, 0.29) is 0 Å². The van der Waals surface area contributed by atoms with Crippen molar-refractivity contribution in [2.75, 3.05) is 13.1 Å². The van der Waals surface area contributed by atoms with E-state index in [1.165, 1.54) is 18.5 Å². The summed E-state index contributed by atoms with van der Waals surface area (Å²) < 4.78 is 0. The van der Waals surface area contributed by atoms with Gasteiger partial charge in [0, 0.05) is 6.54 Å². The molecule has 0 amide bonds. The van der Waals surface area contributed by atoms with Gasteiger partial charge < -0.3 is 5.32 Å². The first kappa shape index (κ1) is 6.86. The van der Waals surface area contributed by atoms with Gasteiger partial charge >= 0.3 is 0 Å². The van der Waals surface area contributed by atoms with Gasteiger partial charge in [0.2, 0.25) is 0 Å². The van der Waals surface area contributed by atoms with Crippen LogP contribution in [0.1, 0.15) is 17.9 Å². The first-order valence-corrected chi connectivity index (χ1v) is 4.13. The van der Waals surface area contributed by atoms with E-state index >= 15 is 0 Å². The normalized spacial score (nSPS) is 23.8. The van der Waals surface area contributed by atoms with Crippen molar-refractivity contribution in [1.29, 1.82) is 0 Å². The average molecular weight is 146 g/mol. The Morgan fingerprint density at radius 2 is 2.55 bits per heavy atom. The van der Waals surface area contributed by atoms with E-state index in [4.69, 9.17) is 0 Å². The molecule has 57 valence electrons. The molecule has 1 nitrogen and oxygen atoms in total. The SMILES string of the molecule is [c]1cccc([C@H]2CCNC2)c1. The molecule has 1 saturated heterocycles.